The zero-order valence-corrected chi connectivity index (χ0v) is 16.1. The summed E-state index contributed by atoms with van der Waals surface area (Å²) in [5.41, 5.74) is 0.763. The van der Waals surface area contributed by atoms with E-state index in [0.717, 1.165) is 48.2 Å². The summed E-state index contributed by atoms with van der Waals surface area (Å²) in [5.74, 6) is 1.34. The highest BCUT2D eigenvalue weighted by atomic mass is 79.9. The Balaban J connectivity index is 1.62. The molecule has 1 aromatic heterocycles. The van der Waals surface area contributed by atoms with Gasteiger partial charge in [0.2, 0.25) is 5.96 Å². The summed E-state index contributed by atoms with van der Waals surface area (Å²) in [4.78, 5) is 8.47. The fourth-order valence-electron chi connectivity index (χ4n) is 2.25. The van der Waals surface area contributed by atoms with Gasteiger partial charge >= 0.3 is 0 Å². The molecule has 136 valence electrons. The second-order valence-corrected chi connectivity index (χ2v) is 6.48. The predicted molar refractivity (Wildman–Crippen MR) is 107 cm³/mol. The zero-order chi connectivity index (χ0) is 18.5. The van der Waals surface area contributed by atoms with Gasteiger partial charge in [0.25, 0.3) is 0 Å². The Kier molecular flexibility index (Phi) is 9.01. The molecular weight excluding hydrogens is 394 g/mol. The number of benzene rings is 1. The number of aromatic nitrogens is 1. The number of nitrogens with one attached hydrogen (secondary N) is 2. The van der Waals surface area contributed by atoms with E-state index >= 15 is 0 Å². The molecule has 7 heteroatoms. The number of hydrogen-bond donors (Lipinski definition) is 2. The summed E-state index contributed by atoms with van der Waals surface area (Å²) in [6.45, 7) is 1.38. The molecule has 0 radical (unpaired) electrons. The highest BCUT2D eigenvalue weighted by Gasteiger charge is 2.00. The van der Waals surface area contributed by atoms with E-state index in [0.29, 0.717) is 12.5 Å². The lowest BCUT2D eigenvalue weighted by Crippen LogP contribution is -2.27. The van der Waals surface area contributed by atoms with Crippen molar-refractivity contribution < 1.29 is 4.74 Å². The maximum atomic E-state index is 8.84. The van der Waals surface area contributed by atoms with Crippen LogP contribution in [0.15, 0.2) is 58.3 Å². The minimum atomic E-state index is 0.430. The number of nitrogens with zero attached hydrogens (tertiary/aromatic N) is 3. The molecule has 0 amide bonds. The Morgan fingerprint density at radius 1 is 1.15 bits per heavy atom. The number of guanidine groups is 1. The molecule has 0 bridgehead atoms. The SMILES string of the molecule is N#CN/C(=N/CCCCCCOc1ccccc1)Nc1cncc(Br)c1. The summed E-state index contributed by atoms with van der Waals surface area (Å²) < 4.78 is 6.52. The smallest absolute Gasteiger partial charge is 0.209 e. The van der Waals surface area contributed by atoms with E-state index in [2.05, 4.69) is 36.5 Å². The molecule has 0 saturated heterocycles. The topological polar surface area (TPSA) is 82.3 Å². The highest BCUT2D eigenvalue weighted by Crippen LogP contribution is 2.13. The van der Waals surface area contributed by atoms with E-state index in [1.54, 1.807) is 12.4 Å². The first kappa shape index (κ1) is 19.7. The number of nitriles is 1. The first-order valence-electron chi connectivity index (χ1n) is 8.53. The Hall–Kier alpha value is -2.59. The van der Waals surface area contributed by atoms with Crippen molar-refractivity contribution in [1.29, 1.82) is 5.26 Å². The average molecular weight is 416 g/mol. The number of pyridine rings is 1. The largest absolute Gasteiger partial charge is 0.494 e. The third-order valence-corrected chi connectivity index (χ3v) is 3.91. The Morgan fingerprint density at radius 2 is 1.96 bits per heavy atom. The normalized spacial score (nSPS) is 10.8. The van der Waals surface area contributed by atoms with Crippen LogP contribution in [0.25, 0.3) is 0 Å². The van der Waals surface area contributed by atoms with Crippen LogP contribution >= 0.6 is 15.9 Å². The molecule has 0 fully saturated rings. The number of ether oxygens (including phenoxy) is 1. The van der Waals surface area contributed by atoms with Gasteiger partial charge in [0.15, 0.2) is 6.19 Å². The lowest BCUT2D eigenvalue weighted by molar-refractivity contribution is 0.305. The fraction of sp³-hybridized carbons (Fsp3) is 0.316. The molecule has 0 aliphatic carbocycles. The predicted octanol–water partition coefficient (Wildman–Crippen LogP) is 4.32. The quantitative estimate of drug-likeness (QED) is 0.209. The van der Waals surface area contributed by atoms with Crippen LogP contribution in [0.1, 0.15) is 25.7 Å². The van der Waals surface area contributed by atoms with Crippen LogP contribution in [-0.2, 0) is 0 Å². The Labute approximate surface area is 162 Å². The van der Waals surface area contributed by atoms with E-state index in [1.807, 2.05) is 42.6 Å². The number of halogens is 1. The van der Waals surface area contributed by atoms with Crippen molar-refractivity contribution in [3.05, 3.63) is 53.3 Å². The molecule has 6 nitrogen and oxygen atoms in total. The molecule has 2 aromatic rings. The standard InChI is InChI=1S/C19H22BrN5O/c20-16-12-17(14-22-13-16)25-19(24-15-21)23-10-6-1-2-7-11-26-18-8-4-3-5-9-18/h3-5,8-9,12-14H,1-2,6-7,10-11H2,(H2,23,24,25). The monoisotopic (exact) mass is 415 g/mol. The van der Waals surface area contributed by atoms with Crippen molar-refractivity contribution in [3.63, 3.8) is 0 Å². The fourth-order valence-corrected chi connectivity index (χ4v) is 2.61. The van der Waals surface area contributed by atoms with Crippen molar-refractivity contribution >= 4 is 27.6 Å². The van der Waals surface area contributed by atoms with Crippen LogP contribution in [-0.4, -0.2) is 24.1 Å². The summed E-state index contributed by atoms with van der Waals surface area (Å²) >= 11 is 3.36. The van der Waals surface area contributed by atoms with E-state index in [4.69, 9.17) is 10.00 Å². The van der Waals surface area contributed by atoms with Crippen molar-refractivity contribution in [2.24, 2.45) is 4.99 Å². The van der Waals surface area contributed by atoms with Gasteiger partial charge in [-0.05, 0) is 53.4 Å². The lowest BCUT2D eigenvalue weighted by atomic mass is 10.2. The highest BCUT2D eigenvalue weighted by molar-refractivity contribution is 9.10. The van der Waals surface area contributed by atoms with Crippen molar-refractivity contribution in [1.82, 2.24) is 10.3 Å². The summed E-state index contributed by atoms with van der Waals surface area (Å²) in [6.07, 6.45) is 9.40. The third-order valence-electron chi connectivity index (χ3n) is 3.48. The number of rotatable bonds is 9. The molecule has 0 atom stereocenters. The van der Waals surface area contributed by atoms with Crippen LogP contribution in [0.3, 0.4) is 0 Å². The minimum absolute atomic E-state index is 0.430. The number of para-hydroxylation sites is 1. The average Bonchev–Trinajstić information content (AvgIpc) is 2.65. The van der Waals surface area contributed by atoms with Crippen LogP contribution in [0, 0.1) is 11.5 Å². The van der Waals surface area contributed by atoms with Gasteiger partial charge in [-0.25, -0.2) is 0 Å². The summed E-state index contributed by atoms with van der Waals surface area (Å²) in [7, 11) is 0. The van der Waals surface area contributed by atoms with E-state index in [9.17, 15) is 0 Å². The van der Waals surface area contributed by atoms with Crippen molar-refractivity contribution in [2.75, 3.05) is 18.5 Å². The minimum Gasteiger partial charge on any atom is -0.494 e. The van der Waals surface area contributed by atoms with Gasteiger partial charge < -0.3 is 10.1 Å². The maximum Gasteiger partial charge on any atom is 0.209 e. The zero-order valence-electron chi connectivity index (χ0n) is 14.5. The molecule has 2 N–H and O–H groups in total. The van der Waals surface area contributed by atoms with Crippen molar-refractivity contribution in [2.45, 2.75) is 25.7 Å². The summed E-state index contributed by atoms with van der Waals surface area (Å²) in [5, 5.41) is 14.5. The van der Waals surface area contributed by atoms with E-state index < -0.39 is 0 Å². The van der Waals surface area contributed by atoms with Gasteiger partial charge in [-0.1, -0.05) is 24.6 Å². The first-order valence-corrected chi connectivity index (χ1v) is 9.32. The van der Waals surface area contributed by atoms with E-state index in [-0.39, 0.29) is 0 Å². The molecule has 0 aliphatic heterocycles. The maximum absolute atomic E-state index is 8.84. The number of hydrogen-bond acceptors (Lipinski definition) is 4. The molecule has 0 saturated carbocycles. The Bertz CT molecular complexity index is 730. The molecule has 0 unspecified atom stereocenters. The number of aliphatic imine (C=N–C) groups is 1. The van der Waals surface area contributed by atoms with E-state index in [1.165, 1.54) is 0 Å². The molecule has 1 heterocycles. The third kappa shape index (κ3) is 7.99. The van der Waals surface area contributed by atoms with Gasteiger partial charge in [-0.3, -0.25) is 15.3 Å². The number of anilines is 1. The molecule has 2 rings (SSSR count). The molecule has 26 heavy (non-hydrogen) atoms. The van der Waals surface area contributed by atoms with Gasteiger partial charge in [0, 0.05) is 17.2 Å². The van der Waals surface area contributed by atoms with Gasteiger partial charge in [0.1, 0.15) is 5.75 Å². The van der Waals surface area contributed by atoms with Gasteiger partial charge in [-0.2, -0.15) is 5.26 Å². The molecule has 1 aromatic carbocycles. The molecule has 0 spiro atoms. The Morgan fingerprint density at radius 3 is 2.73 bits per heavy atom. The summed E-state index contributed by atoms with van der Waals surface area (Å²) in [6, 6.07) is 11.7. The lowest BCUT2D eigenvalue weighted by Gasteiger charge is -2.08. The second kappa shape index (κ2) is 11.9. The van der Waals surface area contributed by atoms with Crippen LogP contribution in [0.5, 0.6) is 5.75 Å². The van der Waals surface area contributed by atoms with Gasteiger partial charge in [-0.15, -0.1) is 0 Å². The molecular formula is C19H22BrN5O. The van der Waals surface area contributed by atoms with Crippen LogP contribution < -0.4 is 15.4 Å². The van der Waals surface area contributed by atoms with Gasteiger partial charge in [0.05, 0.1) is 18.5 Å². The molecule has 0 aliphatic rings. The first-order chi connectivity index (χ1) is 12.8. The second-order valence-electron chi connectivity index (χ2n) is 5.56. The van der Waals surface area contributed by atoms with Crippen LogP contribution in [0.2, 0.25) is 0 Å². The number of unbranched alkanes of at least 4 members (excludes halogenated alkanes) is 3. The van der Waals surface area contributed by atoms with Crippen LogP contribution in [0.4, 0.5) is 5.69 Å². The van der Waals surface area contributed by atoms with Crippen molar-refractivity contribution in [3.8, 4) is 11.9 Å².